The van der Waals surface area contributed by atoms with E-state index in [0.717, 1.165) is 35.3 Å². The molecule has 4 heteroatoms. The van der Waals surface area contributed by atoms with E-state index in [0.29, 0.717) is 19.4 Å². The van der Waals surface area contributed by atoms with E-state index in [4.69, 9.17) is 4.74 Å². The Morgan fingerprint density at radius 3 is 2.90 bits per heavy atom. The number of aryl methyl sites for hydroxylation is 1. The van der Waals surface area contributed by atoms with Gasteiger partial charge in [0, 0.05) is 24.0 Å². The molecular weight excluding hydrogens is 266 g/mol. The van der Waals surface area contributed by atoms with Crippen LogP contribution in [-0.4, -0.2) is 17.6 Å². The maximum absolute atomic E-state index is 11.7. The van der Waals surface area contributed by atoms with Crippen molar-refractivity contribution in [1.29, 1.82) is 0 Å². The van der Waals surface area contributed by atoms with Gasteiger partial charge < -0.3 is 15.2 Å². The Labute approximate surface area is 126 Å². The average Bonchev–Trinajstić information content (AvgIpc) is 2.47. The molecule has 2 rings (SSSR count). The van der Waals surface area contributed by atoms with Crippen LogP contribution < -0.4 is 10.1 Å². The minimum absolute atomic E-state index is 0.0197. The second-order valence-electron chi connectivity index (χ2n) is 5.69. The van der Waals surface area contributed by atoms with Crippen LogP contribution in [0.25, 0.3) is 0 Å². The summed E-state index contributed by atoms with van der Waals surface area (Å²) < 4.78 is 5.81. The molecule has 116 valence electrons. The molecule has 0 fully saturated rings. The second-order valence-corrected chi connectivity index (χ2v) is 5.69. The van der Waals surface area contributed by atoms with E-state index >= 15 is 0 Å². The number of nitrogens with one attached hydrogen (secondary N) is 1. The number of amides is 1. The largest absolute Gasteiger partial charge is 0.493 e. The molecule has 0 aliphatic carbocycles. The molecule has 0 bridgehead atoms. The van der Waals surface area contributed by atoms with Crippen LogP contribution in [-0.2, 0) is 4.79 Å². The molecular formula is C17H25NO3. The quantitative estimate of drug-likeness (QED) is 0.876. The van der Waals surface area contributed by atoms with Gasteiger partial charge in [-0.1, -0.05) is 31.9 Å². The number of carbonyl (C=O) groups is 1. The Kier molecular flexibility index (Phi) is 5.23. The fraction of sp³-hybridized carbons (Fsp3) is 0.588. The molecule has 2 unspecified atom stereocenters. The summed E-state index contributed by atoms with van der Waals surface area (Å²) in [7, 11) is 0. The Morgan fingerprint density at radius 2 is 2.24 bits per heavy atom. The predicted octanol–water partition coefficient (Wildman–Crippen LogP) is 3.18. The number of hydrogen-bond acceptors (Lipinski definition) is 3. The van der Waals surface area contributed by atoms with Crippen molar-refractivity contribution in [3.05, 3.63) is 28.8 Å². The Balaban J connectivity index is 2.37. The molecule has 4 nitrogen and oxygen atoms in total. The lowest BCUT2D eigenvalue weighted by Gasteiger charge is -2.30. The third kappa shape index (κ3) is 3.56. The SMILES string of the molecule is CCCC(O)c1cc(C)cc2c1OCCC2NC(=O)CC. The Bertz CT molecular complexity index is 513. The number of hydrogen-bond donors (Lipinski definition) is 2. The van der Waals surface area contributed by atoms with Gasteiger partial charge in [-0.25, -0.2) is 0 Å². The summed E-state index contributed by atoms with van der Waals surface area (Å²) in [6, 6.07) is 4.02. The molecule has 1 aliphatic rings. The number of carbonyl (C=O) groups excluding carboxylic acids is 1. The zero-order chi connectivity index (χ0) is 15.4. The smallest absolute Gasteiger partial charge is 0.220 e. The summed E-state index contributed by atoms with van der Waals surface area (Å²) in [5.74, 6) is 0.805. The van der Waals surface area contributed by atoms with Crippen LogP contribution >= 0.6 is 0 Å². The average molecular weight is 291 g/mol. The Hall–Kier alpha value is -1.55. The van der Waals surface area contributed by atoms with E-state index in [-0.39, 0.29) is 11.9 Å². The van der Waals surface area contributed by atoms with Gasteiger partial charge in [0.05, 0.1) is 18.8 Å². The van der Waals surface area contributed by atoms with Crippen molar-refractivity contribution in [3.8, 4) is 5.75 Å². The Morgan fingerprint density at radius 1 is 1.48 bits per heavy atom. The lowest BCUT2D eigenvalue weighted by molar-refractivity contribution is -0.121. The molecule has 1 amide bonds. The van der Waals surface area contributed by atoms with E-state index in [9.17, 15) is 9.90 Å². The van der Waals surface area contributed by atoms with Gasteiger partial charge in [-0.3, -0.25) is 4.79 Å². The van der Waals surface area contributed by atoms with E-state index < -0.39 is 6.10 Å². The van der Waals surface area contributed by atoms with Crippen molar-refractivity contribution in [2.45, 2.75) is 58.6 Å². The summed E-state index contributed by atoms with van der Waals surface area (Å²) in [5.41, 5.74) is 2.93. The van der Waals surface area contributed by atoms with E-state index in [2.05, 4.69) is 18.3 Å². The van der Waals surface area contributed by atoms with Crippen LogP contribution in [0.1, 0.15) is 68.4 Å². The first-order valence-corrected chi connectivity index (χ1v) is 7.81. The van der Waals surface area contributed by atoms with Gasteiger partial charge >= 0.3 is 0 Å². The fourth-order valence-corrected chi connectivity index (χ4v) is 2.81. The zero-order valence-corrected chi connectivity index (χ0v) is 13.1. The summed E-state index contributed by atoms with van der Waals surface area (Å²) >= 11 is 0. The number of benzene rings is 1. The number of aliphatic hydroxyl groups excluding tert-OH is 1. The normalized spacial score (nSPS) is 18.6. The van der Waals surface area contributed by atoms with Crippen molar-refractivity contribution < 1.29 is 14.6 Å². The number of ether oxygens (including phenoxy) is 1. The number of fused-ring (bicyclic) bond motifs is 1. The monoisotopic (exact) mass is 291 g/mol. The first-order valence-electron chi connectivity index (χ1n) is 7.81. The summed E-state index contributed by atoms with van der Waals surface area (Å²) in [6.07, 6.45) is 2.37. The first-order chi connectivity index (χ1) is 10.1. The van der Waals surface area contributed by atoms with E-state index in [1.165, 1.54) is 0 Å². The molecule has 0 saturated carbocycles. The van der Waals surface area contributed by atoms with Crippen molar-refractivity contribution in [2.24, 2.45) is 0 Å². The van der Waals surface area contributed by atoms with Crippen LogP contribution in [0.3, 0.4) is 0 Å². The number of rotatable bonds is 5. The highest BCUT2D eigenvalue weighted by Gasteiger charge is 2.27. The molecule has 21 heavy (non-hydrogen) atoms. The van der Waals surface area contributed by atoms with Crippen molar-refractivity contribution in [1.82, 2.24) is 5.32 Å². The van der Waals surface area contributed by atoms with Gasteiger partial charge in [-0.15, -0.1) is 0 Å². The predicted molar refractivity (Wildman–Crippen MR) is 82.3 cm³/mol. The minimum atomic E-state index is -0.510. The lowest BCUT2D eigenvalue weighted by atomic mass is 9.92. The van der Waals surface area contributed by atoms with Crippen LogP contribution in [0.2, 0.25) is 0 Å². The second kappa shape index (κ2) is 6.94. The topological polar surface area (TPSA) is 58.6 Å². The van der Waals surface area contributed by atoms with Crippen molar-refractivity contribution >= 4 is 5.91 Å². The molecule has 1 aromatic rings. The highest BCUT2D eigenvalue weighted by atomic mass is 16.5. The minimum Gasteiger partial charge on any atom is -0.493 e. The van der Waals surface area contributed by atoms with Gasteiger partial charge in [-0.2, -0.15) is 0 Å². The number of aliphatic hydroxyl groups is 1. The molecule has 1 aromatic carbocycles. The van der Waals surface area contributed by atoms with Crippen molar-refractivity contribution in [2.75, 3.05) is 6.61 Å². The molecule has 2 N–H and O–H groups in total. The zero-order valence-electron chi connectivity index (χ0n) is 13.1. The summed E-state index contributed by atoms with van der Waals surface area (Å²) in [6.45, 7) is 6.48. The lowest BCUT2D eigenvalue weighted by Crippen LogP contribution is -2.32. The maximum Gasteiger partial charge on any atom is 0.220 e. The first kappa shape index (κ1) is 15.8. The molecule has 0 saturated heterocycles. The van der Waals surface area contributed by atoms with Gasteiger partial charge in [0.25, 0.3) is 0 Å². The summed E-state index contributed by atoms with van der Waals surface area (Å²) in [4.78, 5) is 11.7. The van der Waals surface area contributed by atoms with Crippen molar-refractivity contribution in [3.63, 3.8) is 0 Å². The molecule has 0 spiro atoms. The molecule has 0 aromatic heterocycles. The highest BCUT2D eigenvalue weighted by Crippen LogP contribution is 2.39. The standard InChI is InChI=1S/C17H25NO3/c1-4-6-15(19)13-10-11(3)9-12-14(18-16(20)5-2)7-8-21-17(12)13/h9-10,14-15,19H,4-8H2,1-3H3,(H,18,20). The third-order valence-electron chi connectivity index (χ3n) is 3.90. The maximum atomic E-state index is 11.7. The van der Waals surface area contributed by atoms with Gasteiger partial charge in [0.1, 0.15) is 5.75 Å². The van der Waals surface area contributed by atoms with Crippen LogP contribution in [0.5, 0.6) is 5.75 Å². The van der Waals surface area contributed by atoms with Crippen LogP contribution in [0.4, 0.5) is 0 Å². The highest BCUT2D eigenvalue weighted by molar-refractivity contribution is 5.76. The van der Waals surface area contributed by atoms with E-state index in [1.54, 1.807) is 0 Å². The molecule has 1 heterocycles. The van der Waals surface area contributed by atoms with Gasteiger partial charge in [-0.05, 0) is 19.4 Å². The fourth-order valence-electron chi connectivity index (χ4n) is 2.81. The molecule has 0 radical (unpaired) electrons. The van der Waals surface area contributed by atoms with Crippen LogP contribution in [0.15, 0.2) is 12.1 Å². The summed E-state index contributed by atoms with van der Waals surface area (Å²) in [5, 5.41) is 13.4. The molecule has 1 aliphatic heterocycles. The van der Waals surface area contributed by atoms with Gasteiger partial charge in [0.2, 0.25) is 5.91 Å². The van der Waals surface area contributed by atoms with E-state index in [1.807, 2.05) is 19.9 Å². The van der Waals surface area contributed by atoms with Crippen LogP contribution in [0, 0.1) is 6.92 Å². The molecule has 2 atom stereocenters. The van der Waals surface area contributed by atoms with Gasteiger partial charge in [0.15, 0.2) is 0 Å². The third-order valence-corrected chi connectivity index (χ3v) is 3.90.